The van der Waals surface area contributed by atoms with Gasteiger partial charge in [-0.2, -0.15) is 0 Å². The fraction of sp³-hybridized carbons (Fsp3) is 0.368. The molecule has 1 unspecified atom stereocenters. The minimum absolute atomic E-state index is 0. The second-order valence-electron chi connectivity index (χ2n) is 5.93. The van der Waals surface area contributed by atoms with Crippen molar-refractivity contribution in [2.45, 2.75) is 32.1 Å². The first-order valence-electron chi connectivity index (χ1n) is 8.19. The maximum atomic E-state index is 6.01. The first-order chi connectivity index (χ1) is 11.7. The Balaban J connectivity index is 0.00000225. The largest absolute Gasteiger partial charge is 0.489 e. The molecule has 0 bridgehead atoms. The highest BCUT2D eigenvalue weighted by Crippen LogP contribution is 2.24. The van der Waals surface area contributed by atoms with E-state index in [0.29, 0.717) is 12.7 Å². The minimum atomic E-state index is 0. The van der Waals surface area contributed by atoms with Gasteiger partial charge in [-0.25, -0.2) is 0 Å². The topological polar surface area (TPSA) is 30.5 Å². The number of nitrogens with one attached hydrogen (secondary N) is 1. The fourth-order valence-corrected chi connectivity index (χ4v) is 3.28. The number of rotatable bonds is 7. The number of halogens is 3. The van der Waals surface area contributed by atoms with Crippen LogP contribution in [0.5, 0.6) is 5.75 Å². The van der Waals surface area contributed by atoms with Crippen molar-refractivity contribution < 1.29 is 9.47 Å². The van der Waals surface area contributed by atoms with Gasteiger partial charge in [0.25, 0.3) is 0 Å². The normalized spacial score (nSPS) is 16.5. The number of hydrogen-bond donors (Lipinski definition) is 1. The summed E-state index contributed by atoms with van der Waals surface area (Å²) in [5, 5.41) is 4.21. The van der Waals surface area contributed by atoms with Gasteiger partial charge < -0.3 is 14.8 Å². The average Bonchev–Trinajstić information content (AvgIpc) is 3.09. The van der Waals surface area contributed by atoms with Crippen molar-refractivity contribution in [1.29, 1.82) is 0 Å². The zero-order valence-corrected chi connectivity index (χ0v) is 17.0. The molecule has 0 saturated carbocycles. The molecule has 25 heavy (non-hydrogen) atoms. The van der Waals surface area contributed by atoms with Crippen LogP contribution in [0, 0.1) is 0 Å². The van der Waals surface area contributed by atoms with E-state index in [1.54, 1.807) is 0 Å². The lowest BCUT2D eigenvalue weighted by Gasteiger charge is -2.15. The van der Waals surface area contributed by atoms with E-state index in [2.05, 4.69) is 27.3 Å². The molecule has 6 heteroatoms. The lowest BCUT2D eigenvalue weighted by Crippen LogP contribution is -2.26. The summed E-state index contributed by atoms with van der Waals surface area (Å²) in [6, 6.07) is 13.8. The maximum absolute atomic E-state index is 6.01. The van der Waals surface area contributed by atoms with Crippen LogP contribution < -0.4 is 10.1 Å². The summed E-state index contributed by atoms with van der Waals surface area (Å²) in [6.07, 6.45) is 2.65. The summed E-state index contributed by atoms with van der Waals surface area (Å²) in [5.74, 6) is 0.896. The van der Waals surface area contributed by atoms with Crippen LogP contribution in [0.25, 0.3) is 0 Å². The van der Waals surface area contributed by atoms with Gasteiger partial charge in [-0.15, -0.1) is 12.4 Å². The first-order valence-corrected chi connectivity index (χ1v) is 9.36. The second kappa shape index (κ2) is 10.4. The second-order valence-corrected chi connectivity index (χ2v) is 7.29. The Labute approximate surface area is 168 Å². The number of benzene rings is 2. The van der Waals surface area contributed by atoms with E-state index in [1.165, 1.54) is 6.42 Å². The molecule has 0 radical (unpaired) electrons. The highest BCUT2D eigenvalue weighted by molar-refractivity contribution is 9.10. The first kappa shape index (κ1) is 20.5. The van der Waals surface area contributed by atoms with Crippen molar-refractivity contribution in [3.8, 4) is 5.75 Å². The highest BCUT2D eigenvalue weighted by atomic mass is 79.9. The molecule has 1 atom stereocenters. The highest BCUT2D eigenvalue weighted by Gasteiger charge is 2.15. The molecule has 1 aliphatic heterocycles. The van der Waals surface area contributed by atoms with Gasteiger partial charge >= 0.3 is 0 Å². The van der Waals surface area contributed by atoms with Crippen LogP contribution in [0.4, 0.5) is 0 Å². The zero-order valence-electron chi connectivity index (χ0n) is 13.8. The molecular weight excluding hydrogens is 425 g/mol. The summed E-state index contributed by atoms with van der Waals surface area (Å²) in [4.78, 5) is 0. The fourth-order valence-electron chi connectivity index (χ4n) is 2.74. The molecule has 2 aromatic rings. The van der Waals surface area contributed by atoms with Crippen LogP contribution in [-0.4, -0.2) is 19.3 Å². The summed E-state index contributed by atoms with van der Waals surface area (Å²) in [5.41, 5.74) is 2.23. The van der Waals surface area contributed by atoms with Crippen LogP contribution in [0.2, 0.25) is 5.02 Å². The molecule has 1 fully saturated rings. The number of ether oxygens (including phenoxy) is 2. The molecule has 1 saturated heterocycles. The Bertz CT molecular complexity index is 661. The van der Waals surface area contributed by atoms with E-state index in [4.69, 9.17) is 21.1 Å². The molecule has 3 rings (SSSR count). The summed E-state index contributed by atoms with van der Waals surface area (Å²) >= 11 is 9.45. The maximum Gasteiger partial charge on any atom is 0.124 e. The Morgan fingerprint density at radius 1 is 1.20 bits per heavy atom. The minimum Gasteiger partial charge on any atom is -0.489 e. The van der Waals surface area contributed by atoms with Crippen LogP contribution in [0.15, 0.2) is 46.9 Å². The Hall–Kier alpha value is -0.780. The summed E-state index contributed by atoms with van der Waals surface area (Å²) in [7, 11) is 0. The molecule has 3 nitrogen and oxygen atoms in total. The molecule has 1 N–H and O–H groups in total. The third-order valence-electron chi connectivity index (χ3n) is 4.04. The third-order valence-corrected chi connectivity index (χ3v) is 4.79. The van der Waals surface area contributed by atoms with E-state index in [0.717, 1.165) is 52.5 Å². The Kier molecular flexibility index (Phi) is 8.53. The number of hydrogen-bond acceptors (Lipinski definition) is 3. The van der Waals surface area contributed by atoms with E-state index in [1.807, 2.05) is 36.4 Å². The molecule has 136 valence electrons. The van der Waals surface area contributed by atoms with Crippen LogP contribution >= 0.6 is 39.9 Å². The van der Waals surface area contributed by atoms with Gasteiger partial charge in [0.1, 0.15) is 12.4 Å². The van der Waals surface area contributed by atoms with Crippen LogP contribution in [-0.2, 0) is 17.9 Å². The van der Waals surface area contributed by atoms with E-state index in [-0.39, 0.29) is 12.4 Å². The quantitative estimate of drug-likeness (QED) is 0.619. The lowest BCUT2D eigenvalue weighted by molar-refractivity contribution is 0.110. The van der Waals surface area contributed by atoms with Gasteiger partial charge in [-0.3, -0.25) is 0 Å². The standard InChI is InChI=1S/C19H21BrClNO2.ClH/c20-16-5-8-19(24-13-14-3-6-17(21)7-4-14)15(10-16)11-22-12-18-2-1-9-23-18;/h3-8,10,18,22H,1-2,9,11-13H2;1H. The Morgan fingerprint density at radius 3 is 2.72 bits per heavy atom. The van der Waals surface area contributed by atoms with Gasteiger partial charge in [0.05, 0.1) is 6.10 Å². The van der Waals surface area contributed by atoms with E-state index >= 15 is 0 Å². The van der Waals surface area contributed by atoms with Gasteiger partial charge in [0, 0.05) is 34.8 Å². The van der Waals surface area contributed by atoms with Crippen molar-refractivity contribution in [1.82, 2.24) is 5.32 Å². The van der Waals surface area contributed by atoms with Crippen molar-refractivity contribution in [3.05, 3.63) is 63.1 Å². The summed E-state index contributed by atoms with van der Waals surface area (Å²) in [6.45, 7) is 3.05. The van der Waals surface area contributed by atoms with Gasteiger partial charge in [0.2, 0.25) is 0 Å². The smallest absolute Gasteiger partial charge is 0.124 e. The van der Waals surface area contributed by atoms with Crippen molar-refractivity contribution in [2.24, 2.45) is 0 Å². The van der Waals surface area contributed by atoms with E-state index < -0.39 is 0 Å². The van der Waals surface area contributed by atoms with Crippen molar-refractivity contribution in [3.63, 3.8) is 0 Å². The molecule has 0 amide bonds. The van der Waals surface area contributed by atoms with Crippen LogP contribution in [0.3, 0.4) is 0 Å². The molecule has 2 aromatic carbocycles. The van der Waals surface area contributed by atoms with Crippen molar-refractivity contribution >= 4 is 39.9 Å². The van der Waals surface area contributed by atoms with E-state index in [9.17, 15) is 0 Å². The SMILES string of the molecule is Cl.Clc1ccc(COc2ccc(Br)cc2CNCC2CCCO2)cc1. The third kappa shape index (κ3) is 6.46. The monoisotopic (exact) mass is 445 g/mol. The molecule has 0 spiro atoms. The predicted molar refractivity (Wildman–Crippen MR) is 108 cm³/mol. The predicted octanol–water partition coefficient (Wildman–Crippen LogP) is 5.37. The molecule has 1 heterocycles. The Morgan fingerprint density at radius 2 is 2.00 bits per heavy atom. The lowest BCUT2D eigenvalue weighted by atomic mass is 10.2. The van der Waals surface area contributed by atoms with Crippen molar-refractivity contribution in [2.75, 3.05) is 13.2 Å². The summed E-state index contributed by atoms with van der Waals surface area (Å²) < 4.78 is 12.7. The average molecular weight is 447 g/mol. The van der Waals surface area contributed by atoms with Gasteiger partial charge in [-0.1, -0.05) is 39.7 Å². The molecule has 1 aliphatic rings. The molecule has 0 aliphatic carbocycles. The molecular formula is C19H22BrCl2NO2. The van der Waals surface area contributed by atoms with Gasteiger partial charge in [-0.05, 0) is 48.7 Å². The van der Waals surface area contributed by atoms with Crippen LogP contribution in [0.1, 0.15) is 24.0 Å². The molecule has 0 aromatic heterocycles. The zero-order chi connectivity index (χ0) is 16.8. The van der Waals surface area contributed by atoms with Gasteiger partial charge in [0.15, 0.2) is 0 Å².